The second kappa shape index (κ2) is 3.53. The van der Waals surface area contributed by atoms with Gasteiger partial charge in [-0.2, -0.15) is 5.10 Å². The number of nitrogens with zero attached hydrogens (tertiary/aromatic N) is 3. The highest BCUT2D eigenvalue weighted by atomic mass is 15.3. The maximum Gasteiger partial charge on any atom is 0.181 e. The normalized spacial score (nSPS) is 11.5. The molecule has 0 aliphatic carbocycles. The molecule has 4 heteroatoms. The number of hydrogen-bond donors (Lipinski definition) is 1. The lowest BCUT2D eigenvalue weighted by atomic mass is 10.1. The molecule has 0 aromatic carbocycles. The van der Waals surface area contributed by atoms with Crippen molar-refractivity contribution in [2.45, 2.75) is 20.3 Å². The van der Waals surface area contributed by atoms with Crippen LogP contribution in [-0.2, 0) is 13.5 Å². The molecule has 0 aliphatic rings. The Hall–Kier alpha value is -1.58. The molecule has 0 saturated carbocycles. The van der Waals surface area contributed by atoms with Gasteiger partial charge in [0.1, 0.15) is 0 Å². The van der Waals surface area contributed by atoms with Crippen LogP contribution in [0, 0.1) is 5.92 Å². The van der Waals surface area contributed by atoms with Crippen molar-refractivity contribution in [2.24, 2.45) is 13.0 Å². The van der Waals surface area contributed by atoms with Crippen molar-refractivity contribution in [2.75, 3.05) is 5.73 Å². The topological polar surface area (TPSA) is 56.7 Å². The Morgan fingerprint density at radius 1 is 1.47 bits per heavy atom. The molecule has 0 atom stereocenters. The molecule has 0 unspecified atom stereocenters. The molecular weight excluding hydrogens is 188 g/mol. The number of nitrogen functional groups attached to an aromatic ring is 1. The van der Waals surface area contributed by atoms with Crippen LogP contribution in [0.5, 0.6) is 0 Å². The summed E-state index contributed by atoms with van der Waals surface area (Å²) in [7, 11) is 1.95. The lowest BCUT2D eigenvalue weighted by Gasteiger charge is -2.05. The molecule has 80 valence electrons. The second-order valence-corrected chi connectivity index (χ2v) is 4.31. The number of anilines is 1. The number of aromatic nitrogens is 3. The van der Waals surface area contributed by atoms with E-state index in [0.717, 1.165) is 17.5 Å². The maximum atomic E-state index is 5.73. The molecule has 0 bridgehead atoms. The lowest BCUT2D eigenvalue weighted by Crippen LogP contribution is -2.02. The van der Waals surface area contributed by atoms with E-state index in [0.29, 0.717) is 11.6 Å². The Kier molecular flexibility index (Phi) is 2.34. The van der Waals surface area contributed by atoms with Crippen molar-refractivity contribution >= 4 is 16.7 Å². The van der Waals surface area contributed by atoms with E-state index in [9.17, 15) is 0 Å². The molecule has 2 aromatic rings. The van der Waals surface area contributed by atoms with Gasteiger partial charge in [-0.15, -0.1) is 0 Å². The van der Waals surface area contributed by atoms with Gasteiger partial charge in [0.25, 0.3) is 0 Å². The fourth-order valence-corrected chi connectivity index (χ4v) is 1.77. The summed E-state index contributed by atoms with van der Waals surface area (Å²) in [6, 6.07) is 1.95. The van der Waals surface area contributed by atoms with Crippen molar-refractivity contribution in [1.82, 2.24) is 14.8 Å². The van der Waals surface area contributed by atoms with Crippen LogP contribution >= 0.6 is 0 Å². The van der Waals surface area contributed by atoms with Gasteiger partial charge >= 0.3 is 0 Å². The summed E-state index contributed by atoms with van der Waals surface area (Å²) < 4.78 is 1.90. The summed E-state index contributed by atoms with van der Waals surface area (Å²) >= 11 is 0. The predicted molar refractivity (Wildman–Crippen MR) is 61.5 cm³/mol. The van der Waals surface area contributed by atoms with Crippen LogP contribution < -0.4 is 5.73 Å². The summed E-state index contributed by atoms with van der Waals surface area (Å²) in [5.41, 5.74) is 8.42. The molecule has 0 radical (unpaired) electrons. The molecule has 0 aliphatic heterocycles. The van der Waals surface area contributed by atoms with Gasteiger partial charge < -0.3 is 5.73 Å². The van der Waals surface area contributed by atoms with Crippen LogP contribution in [0.2, 0.25) is 0 Å². The van der Waals surface area contributed by atoms with Gasteiger partial charge in [-0.1, -0.05) is 13.8 Å². The summed E-state index contributed by atoms with van der Waals surface area (Å²) in [4.78, 5) is 4.21. The zero-order valence-corrected chi connectivity index (χ0v) is 9.36. The average molecular weight is 204 g/mol. The van der Waals surface area contributed by atoms with Gasteiger partial charge in [-0.25, -0.2) is 4.98 Å². The molecule has 0 spiro atoms. The second-order valence-electron chi connectivity index (χ2n) is 4.31. The third kappa shape index (κ3) is 1.79. The van der Waals surface area contributed by atoms with Crippen molar-refractivity contribution in [3.05, 3.63) is 18.0 Å². The Balaban J connectivity index is 2.60. The zero-order valence-electron chi connectivity index (χ0n) is 9.36. The molecule has 2 heterocycles. The van der Waals surface area contributed by atoms with Crippen molar-refractivity contribution in [3.63, 3.8) is 0 Å². The number of nitrogens with two attached hydrogens (primary N) is 1. The van der Waals surface area contributed by atoms with Crippen LogP contribution in [0.1, 0.15) is 19.5 Å². The highest BCUT2D eigenvalue weighted by Crippen LogP contribution is 2.20. The highest BCUT2D eigenvalue weighted by Gasteiger charge is 2.11. The molecule has 0 saturated heterocycles. The minimum absolute atomic E-state index is 0.602. The van der Waals surface area contributed by atoms with E-state index in [1.165, 1.54) is 5.69 Å². The third-order valence-corrected chi connectivity index (χ3v) is 2.44. The monoisotopic (exact) mass is 204 g/mol. The van der Waals surface area contributed by atoms with E-state index in [1.807, 2.05) is 17.8 Å². The van der Waals surface area contributed by atoms with Crippen LogP contribution in [-0.4, -0.2) is 14.8 Å². The lowest BCUT2D eigenvalue weighted by molar-refractivity contribution is 0.599. The summed E-state index contributed by atoms with van der Waals surface area (Å²) in [6.45, 7) is 4.39. The van der Waals surface area contributed by atoms with Crippen LogP contribution in [0.3, 0.4) is 0 Å². The SMILES string of the molecule is CC(C)Cc1c2cc(N)cnc2nn1C. The first-order valence-electron chi connectivity index (χ1n) is 5.15. The predicted octanol–water partition coefficient (Wildman–Crippen LogP) is 1.75. The van der Waals surface area contributed by atoms with Crippen LogP contribution in [0.25, 0.3) is 11.0 Å². The fraction of sp³-hybridized carbons (Fsp3) is 0.455. The molecule has 2 rings (SSSR count). The minimum atomic E-state index is 0.602. The summed E-state index contributed by atoms with van der Waals surface area (Å²) in [5.74, 6) is 0.602. The van der Waals surface area contributed by atoms with Gasteiger partial charge in [0.05, 0.1) is 11.9 Å². The quantitative estimate of drug-likeness (QED) is 0.810. The Labute approximate surface area is 89.1 Å². The minimum Gasteiger partial charge on any atom is -0.397 e. The Morgan fingerprint density at radius 3 is 2.87 bits per heavy atom. The van der Waals surface area contributed by atoms with Gasteiger partial charge in [-0.3, -0.25) is 4.68 Å². The van der Waals surface area contributed by atoms with Crippen LogP contribution in [0.15, 0.2) is 12.3 Å². The number of hydrogen-bond acceptors (Lipinski definition) is 3. The van der Waals surface area contributed by atoms with Gasteiger partial charge in [0.2, 0.25) is 0 Å². The molecule has 15 heavy (non-hydrogen) atoms. The first-order chi connectivity index (χ1) is 7.08. The smallest absolute Gasteiger partial charge is 0.181 e. The first kappa shape index (κ1) is 9.96. The van der Waals surface area contributed by atoms with E-state index >= 15 is 0 Å². The summed E-state index contributed by atoms with van der Waals surface area (Å²) in [5, 5.41) is 5.43. The van der Waals surface area contributed by atoms with E-state index in [-0.39, 0.29) is 0 Å². The van der Waals surface area contributed by atoms with Gasteiger partial charge in [0, 0.05) is 18.1 Å². The fourth-order valence-electron chi connectivity index (χ4n) is 1.77. The standard InChI is InChI=1S/C11H16N4/c1-7(2)4-10-9-5-8(12)6-13-11(9)14-15(10)3/h5-7H,4,12H2,1-3H3. The van der Waals surface area contributed by atoms with Crippen molar-refractivity contribution in [3.8, 4) is 0 Å². The number of pyridine rings is 1. The van der Waals surface area contributed by atoms with E-state index in [4.69, 9.17) is 5.73 Å². The molecular formula is C11H16N4. The van der Waals surface area contributed by atoms with Crippen molar-refractivity contribution < 1.29 is 0 Å². The first-order valence-corrected chi connectivity index (χ1v) is 5.15. The number of aryl methyl sites for hydroxylation is 1. The Morgan fingerprint density at radius 2 is 2.20 bits per heavy atom. The molecule has 2 N–H and O–H groups in total. The Bertz CT molecular complexity index is 485. The van der Waals surface area contributed by atoms with E-state index in [1.54, 1.807) is 6.20 Å². The van der Waals surface area contributed by atoms with Gasteiger partial charge in [0.15, 0.2) is 5.65 Å². The van der Waals surface area contributed by atoms with E-state index in [2.05, 4.69) is 23.9 Å². The van der Waals surface area contributed by atoms with E-state index < -0.39 is 0 Å². The number of fused-ring (bicyclic) bond motifs is 1. The third-order valence-electron chi connectivity index (χ3n) is 2.44. The average Bonchev–Trinajstić information content (AvgIpc) is 2.43. The van der Waals surface area contributed by atoms with Crippen molar-refractivity contribution in [1.29, 1.82) is 0 Å². The molecule has 4 nitrogen and oxygen atoms in total. The van der Waals surface area contributed by atoms with Gasteiger partial charge in [-0.05, 0) is 18.4 Å². The van der Waals surface area contributed by atoms with Crippen LogP contribution in [0.4, 0.5) is 5.69 Å². The largest absolute Gasteiger partial charge is 0.397 e. The molecule has 0 fully saturated rings. The maximum absolute atomic E-state index is 5.73. The highest BCUT2D eigenvalue weighted by molar-refractivity contribution is 5.80. The zero-order chi connectivity index (χ0) is 11.0. The molecule has 0 amide bonds. The number of rotatable bonds is 2. The molecule has 2 aromatic heterocycles. The summed E-state index contributed by atoms with van der Waals surface area (Å²) in [6.07, 6.45) is 2.65.